The van der Waals surface area contributed by atoms with Gasteiger partial charge in [-0.25, -0.2) is 0 Å². The molecule has 2 rings (SSSR count). The fourth-order valence-corrected chi connectivity index (χ4v) is 2.12. The van der Waals surface area contributed by atoms with Gasteiger partial charge in [-0.2, -0.15) is 13.2 Å². The maximum Gasteiger partial charge on any atom is 0.417 e. The molecule has 1 heterocycles. The number of nitrogens with one attached hydrogen (secondary N) is 1. The summed E-state index contributed by atoms with van der Waals surface area (Å²) in [6.45, 7) is 1.23. The second-order valence-electron chi connectivity index (χ2n) is 3.99. The number of hydrogen-bond donors (Lipinski definition) is 2. The molecular weight excluding hydrogens is 171 g/mol. The van der Waals surface area contributed by atoms with E-state index in [2.05, 4.69) is 5.32 Å². The van der Waals surface area contributed by atoms with Crippen molar-refractivity contribution in [2.24, 2.45) is 5.41 Å². The lowest BCUT2D eigenvalue weighted by molar-refractivity contribution is -0.321. The Kier molecular flexibility index (Phi) is 1.36. The van der Waals surface area contributed by atoms with Crippen LogP contribution in [-0.2, 0) is 0 Å². The Labute approximate surface area is 67.8 Å². The Morgan fingerprint density at radius 2 is 1.67 bits per heavy atom. The van der Waals surface area contributed by atoms with Crippen LogP contribution in [0.5, 0.6) is 0 Å². The van der Waals surface area contributed by atoms with E-state index in [-0.39, 0.29) is 18.3 Å². The van der Waals surface area contributed by atoms with E-state index in [0.29, 0.717) is 13.1 Å². The fourth-order valence-electron chi connectivity index (χ4n) is 2.12. The second kappa shape index (κ2) is 1.96. The predicted molar refractivity (Wildman–Crippen MR) is 35.5 cm³/mol. The van der Waals surface area contributed by atoms with Gasteiger partial charge in [-0.1, -0.05) is 0 Å². The third-order valence-electron chi connectivity index (χ3n) is 2.86. The molecule has 12 heavy (non-hydrogen) atoms. The molecule has 0 bridgehead atoms. The predicted octanol–water partition coefficient (Wildman–Crippen LogP) is 0.663. The summed E-state index contributed by atoms with van der Waals surface area (Å²) in [6.07, 6.45) is -4.71. The highest BCUT2D eigenvalue weighted by molar-refractivity contribution is 5.13. The molecule has 2 aliphatic rings. The number of alkyl halides is 3. The van der Waals surface area contributed by atoms with Crippen molar-refractivity contribution in [1.29, 1.82) is 0 Å². The molecule has 2 fully saturated rings. The summed E-state index contributed by atoms with van der Waals surface area (Å²) in [7, 11) is 0. The monoisotopic (exact) mass is 181 g/mol. The van der Waals surface area contributed by atoms with Crippen LogP contribution in [0.4, 0.5) is 13.2 Å². The van der Waals surface area contributed by atoms with E-state index in [9.17, 15) is 13.2 Å². The molecule has 0 atom stereocenters. The topological polar surface area (TPSA) is 32.3 Å². The van der Waals surface area contributed by atoms with Crippen LogP contribution >= 0.6 is 0 Å². The molecule has 0 radical (unpaired) electrons. The van der Waals surface area contributed by atoms with Crippen molar-refractivity contribution in [3.63, 3.8) is 0 Å². The van der Waals surface area contributed by atoms with Gasteiger partial charge < -0.3 is 10.4 Å². The number of rotatable bonds is 0. The Hall–Kier alpha value is -0.290. The standard InChI is InChI=1S/C7H10F3NO/c8-7(9,10)6(12)1-5(2-6)3-11-4-5/h11-12H,1-4H2. The smallest absolute Gasteiger partial charge is 0.380 e. The first-order valence-electron chi connectivity index (χ1n) is 3.87. The quantitative estimate of drug-likeness (QED) is 0.575. The highest BCUT2D eigenvalue weighted by Crippen LogP contribution is 2.57. The first-order valence-corrected chi connectivity index (χ1v) is 3.87. The van der Waals surface area contributed by atoms with E-state index < -0.39 is 11.8 Å². The lowest BCUT2D eigenvalue weighted by Crippen LogP contribution is -2.70. The summed E-state index contributed by atoms with van der Waals surface area (Å²) in [5.41, 5.74) is -2.64. The first kappa shape index (κ1) is 8.31. The van der Waals surface area contributed by atoms with Gasteiger partial charge in [-0.3, -0.25) is 0 Å². The van der Waals surface area contributed by atoms with Crippen molar-refractivity contribution in [2.75, 3.05) is 13.1 Å². The molecule has 0 aromatic carbocycles. The minimum Gasteiger partial charge on any atom is -0.380 e. The zero-order valence-corrected chi connectivity index (χ0v) is 6.41. The van der Waals surface area contributed by atoms with Crippen molar-refractivity contribution >= 4 is 0 Å². The van der Waals surface area contributed by atoms with E-state index in [1.54, 1.807) is 0 Å². The molecular formula is C7H10F3NO. The number of halogens is 3. The van der Waals surface area contributed by atoms with Crippen LogP contribution in [0.1, 0.15) is 12.8 Å². The van der Waals surface area contributed by atoms with Gasteiger partial charge in [-0.05, 0) is 12.8 Å². The summed E-state index contributed by atoms with van der Waals surface area (Å²) >= 11 is 0. The summed E-state index contributed by atoms with van der Waals surface area (Å²) in [5.74, 6) is 0. The van der Waals surface area contributed by atoms with E-state index in [4.69, 9.17) is 5.11 Å². The van der Waals surface area contributed by atoms with Crippen LogP contribution < -0.4 is 5.32 Å². The van der Waals surface area contributed by atoms with Crippen molar-refractivity contribution < 1.29 is 18.3 Å². The van der Waals surface area contributed by atoms with Crippen molar-refractivity contribution in [3.8, 4) is 0 Å². The van der Waals surface area contributed by atoms with Gasteiger partial charge in [0.15, 0.2) is 5.60 Å². The third-order valence-corrected chi connectivity index (χ3v) is 2.86. The maximum absolute atomic E-state index is 12.1. The normalized spacial score (nSPS) is 31.0. The van der Waals surface area contributed by atoms with Crippen LogP contribution in [0.2, 0.25) is 0 Å². The SMILES string of the molecule is OC1(C(F)(F)F)CC2(CNC2)C1. The molecule has 5 heteroatoms. The van der Waals surface area contributed by atoms with E-state index in [1.165, 1.54) is 0 Å². The average Bonchev–Trinajstić information content (AvgIpc) is 1.73. The minimum atomic E-state index is -4.45. The summed E-state index contributed by atoms with van der Waals surface area (Å²) in [5, 5.41) is 12.0. The molecule has 0 aromatic heterocycles. The zero-order valence-electron chi connectivity index (χ0n) is 6.41. The van der Waals surface area contributed by atoms with Crippen LogP contribution in [0, 0.1) is 5.41 Å². The van der Waals surface area contributed by atoms with Gasteiger partial charge in [0.25, 0.3) is 0 Å². The highest BCUT2D eigenvalue weighted by atomic mass is 19.4. The molecule has 70 valence electrons. The Morgan fingerprint density at radius 1 is 1.17 bits per heavy atom. The molecule has 1 aliphatic heterocycles. The van der Waals surface area contributed by atoms with Gasteiger partial charge in [-0.15, -0.1) is 0 Å². The molecule has 1 saturated carbocycles. The molecule has 2 nitrogen and oxygen atoms in total. The minimum absolute atomic E-state index is 0.128. The van der Waals surface area contributed by atoms with E-state index >= 15 is 0 Å². The molecule has 0 amide bonds. The van der Waals surface area contributed by atoms with Crippen LogP contribution in [0.25, 0.3) is 0 Å². The molecule has 1 saturated heterocycles. The lowest BCUT2D eigenvalue weighted by Gasteiger charge is -2.58. The first-order chi connectivity index (χ1) is 5.37. The summed E-state index contributed by atoms with van der Waals surface area (Å²) in [4.78, 5) is 0. The Bertz CT molecular complexity index is 201. The van der Waals surface area contributed by atoms with Gasteiger partial charge in [0.05, 0.1) is 0 Å². The second-order valence-corrected chi connectivity index (χ2v) is 3.99. The van der Waals surface area contributed by atoms with Crippen molar-refractivity contribution in [2.45, 2.75) is 24.6 Å². The molecule has 1 aliphatic carbocycles. The average molecular weight is 181 g/mol. The Balaban J connectivity index is 2.01. The molecule has 2 N–H and O–H groups in total. The van der Waals surface area contributed by atoms with Gasteiger partial charge >= 0.3 is 6.18 Å². The van der Waals surface area contributed by atoms with E-state index in [0.717, 1.165) is 0 Å². The number of aliphatic hydroxyl groups is 1. The third kappa shape index (κ3) is 0.894. The van der Waals surface area contributed by atoms with Crippen molar-refractivity contribution in [1.82, 2.24) is 5.32 Å². The zero-order chi connectivity index (χ0) is 9.04. The van der Waals surface area contributed by atoms with Crippen LogP contribution in [-0.4, -0.2) is 30.0 Å². The van der Waals surface area contributed by atoms with Gasteiger partial charge in [0.2, 0.25) is 0 Å². The largest absolute Gasteiger partial charge is 0.417 e. The molecule has 0 unspecified atom stereocenters. The molecule has 1 spiro atoms. The lowest BCUT2D eigenvalue weighted by atomic mass is 9.55. The number of hydrogen-bond acceptors (Lipinski definition) is 2. The Morgan fingerprint density at radius 3 is 1.92 bits per heavy atom. The highest BCUT2D eigenvalue weighted by Gasteiger charge is 2.68. The van der Waals surface area contributed by atoms with Gasteiger partial charge in [0.1, 0.15) is 0 Å². The van der Waals surface area contributed by atoms with Crippen molar-refractivity contribution in [3.05, 3.63) is 0 Å². The fraction of sp³-hybridized carbons (Fsp3) is 1.00. The van der Waals surface area contributed by atoms with E-state index in [1.807, 2.05) is 0 Å². The summed E-state index contributed by atoms with van der Waals surface area (Å²) < 4.78 is 36.4. The summed E-state index contributed by atoms with van der Waals surface area (Å²) in [6, 6.07) is 0. The molecule has 0 aromatic rings. The maximum atomic E-state index is 12.1. The van der Waals surface area contributed by atoms with Crippen LogP contribution in [0.15, 0.2) is 0 Å². The van der Waals surface area contributed by atoms with Crippen LogP contribution in [0.3, 0.4) is 0 Å². The van der Waals surface area contributed by atoms with Gasteiger partial charge in [0, 0.05) is 18.5 Å².